The maximum atomic E-state index is 4.87. The van der Waals surface area contributed by atoms with Crippen LogP contribution in [0.25, 0.3) is 33.1 Å². The lowest BCUT2D eigenvalue weighted by Crippen LogP contribution is -1.89. The first-order valence-corrected chi connectivity index (χ1v) is 7.59. The van der Waals surface area contributed by atoms with E-state index in [0.29, 0.717) is 0 Å². The highest BCUT2D eigenvalue weighted by Crippen LogP contribution is 2.26. The van der Waals surface area contributed by atoms with Crippen LogP contribution in [0.1, 0.15) is 12.5 Å². The number of aromatic nitrogens is 2. The molecule has 0 atom stereocenters. The number of nitrogens with zero attached hydrogens (tertiary/aromatic N) is 2. The molecule has 2 heterocycles. The van der Waals surface area contributed by atoms with Crippen molar-refractivity contribution in [1.82, 2.24) is 9.97 Å². The van der Waals surface area contributed by atoms with E-state index < -0.39 is 0 Å². The molecular formula is C20H16N2. The highest BCUT2D eigenvalue weighted by Gasteiger charge is 2.06. The smallest absolute Gasteiger partial charge is 0.0972 e. The zero-order chi connectivity index (χ0) is 14.9. The molecule has 0 bridgehead atoms. The Morgan fingerprint density at radius 3 is 2.27 bits per heavy atom. The summed E-state index contributed by atoms with van der Waals surface area (Å²) in [7, 11) is 0. The predicted octanol–water partition coefficient (Wildman–Crippen LogP) is 5.01. The number of fused-ring (bicyclic) bond motifs is 3. The minimum atomic E-state index is 0.965. The van der Waals surface area contributed by atoms with Crippen LogP contribution < -0.4 is 0 Å². The van der Waals surface area contributed by atoms with E-state index in [0.717, 1.165) is 39.5 Å². The van der Waals surface area contributed by atoms with Crippen LogP contribution in [0.15, 0.2) is 66.9 Å². The van der Waals surface area contributed by atoms with Crippen LogP contribution in [0.5, 0.6) is 0 Å². The van der Waals surface area contributed by atoms with E-state index in [1.165, 1.54) is 5.56 Å². The summed E-state index contributed by atoms with van der Waals surface area (Å²) in [4.78, 5) is 9.38. The topological polar surface area (TPSA) is 25.8 Å². The fourth-order valence-corrected chi connectivity index (χ4v) is 2.80. The second-order valence-corrected chi connectivity index (χ2v) is 5.46. The summed E-state index contributed by atoms with van der Waals surface area (Å²) < 4.78 is 0. The second-order valence-electron chi connectivity index (χ2n) is 5.46. The summed E-state index contributed by atoms with van der Waals surface area (Å²) in [6.45, 7) is 2.17. The monoisotopic (exact) mass is 284 g/mol. The maximum Gasteiger partial charge on any atom is 0.0972 e. The van der Waals surface area contributed by atoms with Gasteiger partial charge < -0.3 is 0 Å². The van der Waals surface area contributed by atoms with E-state index in [2.05, 4.69) is 66.5 Å². The molecule has 0 fully saturated rings. The summed E-state index contributed by atoms with van der Waals surface area (Å²) in [5.41, 5.74) is 5.42. The summed E-state index contributed by atoms with van der Waals surface area (Å²) in [5.74, 6) is 0. The Bertz CT molecular complexity index is 956. The van der Waals surface area contributed by atoms with Gasteiger partial charge in [-0.1, -0.05) is 55.5 Å². The normalized spacial score (nSPS) is 11.1. The third kappa shape index (κ3) is 2.13. The van der Waals surface area contributed by atoms with Gasteiger partial charge in [-0.2, -0.15) is 0 Å². The van der Waals surface area contributed by atoms with Crippen LogP contribution in [0, 0.1) is 0 Å². The van der Waals surface area contributed by atoms with Gasteiger partial charge in [0, 0.05) is 22.5 Å². The van der Waals surface area contributed by atoms with Gasteiger partial charge in [-0.25, -0.2) is 4.98 Å². The lowest BCUT2D eigenvalue weighted by molar-refractivity contribution is 1.14. The van der Waals surface area contributed by atoms with Gasteiger partial charge in [-0.15, -0.1) is 0 Å². The lowest BCUT2D eigenvalue weighted by atomic mass is 10.1. The molecule has 22 heavy (non-hydrogen) atoms. The first-order valence-electron chi connectivity index (χ1n) is 7.59. The quantitative estimate of drug-likeness (QED) is 0.483. The van der Waals surface area contributed by atoms with E-state index >= 15 is 0 Å². The molecule has 2 heteroatoms. The summed E-state index contributed by atoms with van der Waals surface area (Å²) in [6, 6.07) is 21.1. The largest absolute Gasteiger partial charge is 0.254 e. The molecule has 0 saturated carbocycles. The van der Waals surface area contributed by atoms with E-state index in [4.69, 9.17) is 4.98 Å². The summed E-state index contributed by atoms with van der Waals surface area (Å²) in [5, 5.41) is 2.25. The van der Waals surface area contributed by atoms with E-state index in [1.807, 2.05) is 12.3 Å². The Balaban J connectivity index is 1.93. The Morgan fingerprint density at radius 1 is 0.773 bits per heavy atom. The van der Waals surface area contributed by atoms with E-state index in [-0.39, 0.29) is 0 Å². The molecule has 2 aromatic heterocycles. The zero-order valence-corrected chi connectivity index (χ0v) is 12.5. The highest BCUT2D eigenvalue weighted by atomic mass is 14.7. The molecule has 4 aromatic rings. The van der Waals surface area contributed by atoms with Gasteiger partial charge in [0.25, 0.3) is 0 Å². The van der Waals surface area contributed by atoms with E-state index in [9.17, 15) is 0 Å². The number of hydrogen-bond donors (Lipinski definition) is 0. The zero-order valence-electron chi connectivity index (χ0n) is 12.5. The van der Waals surface area contributed by atoms with Gasteiger partial charge in [0.15, 0.2) is 0 Å². The van der Waals surface area contributed by atoms with Crippen LogP contribution in [-0.2, 0) is 6.42 Å². The third-order valence-electron chi connectivity index (χ3n) is 4.09. The van der Waals surface area contributed by atoms with Crippen molar-refractivity contribution in [3.05, 3.63) is 72.4 Å². The average molecular weight is 284 g/mol. The van der Waals surface area contributed by atoms with Crippen LogP contribution in [0.3, 0.4) is 0 Å². The van der Waals surface area contributed by atoms with Crippen LogP contribution in [-0.4, -0.2) is 9.97 Å². The minimum Gasteiger partial charge on any atom is -0.254 e. The highest BCUT2D eigenvalue weighted by molar-refractivity contribution is 6.03. The number of benzene rings is 2. The Hall–Kier alpha value is -2.74. The van der Waals surface area contributed by atoms with Gasteiger partial charge in [-0.05, 0) is 24.1 Å². The molecule has 2 aromatic carbocycles. The number of aryl methyl sites for hydroxylation is 1. The van der Waals surface area contributed by atoms with Gasteiger partial charge >= 0.3 is 0 Å². The van der Waals surface area contributed by atoms with Gasteiger partial charge in [0.2, 0.25) is 0 Å². The van der Waals surface area contributed by atoms with E-state index in [1.54, 1.807) is 0 Å². The van der Waals surface area contributed by atoms with Gasteiger partial charge in [0.05, 0.1) is 16.7 Å². The van der Waals surface area contributed by atoms with Gasteiger partial charge in [-0.3, -0.25) is 4.98 Å². The van der Waals surface area contributed by atoms with Crippen molar-refractivity contribution in [2.75, 3.05) is 0 Å². The molecule has 0 saturated heterocycles. The molecule has 0 unspecified atom stereocenters. The predicted molar refractivity (Wildman–Crippen MR) is 91.9 cm³/mol. The molecule has 106 valence electrons. The van der Waals surface area contributed by atoms with Crippen molar-refractivity contribution < 1.29 is 0 Å². The van der Waals surface area contributed by atoms with Crippen LogP contribution in [0.2, 0.25) is 0 Å². The molecule has 0 amide bonds. The summed E-state index contributed by atoms with van der Waals surface area (Å²) >= 11 is 0. The molecule has 4 rings (SSSR count). The number of rotatable bonds is 2. The second kappa shape index (κ2) is 5.23. The van der Waals surface area contributed by atoms with Crippen molar-refractivity contribution >= 4 is 21.8 Å². The molecule has 0 aliphatic heterocycles. The lowest BCUT2D eigenvalue weighted by Gasteiger charge is -2.06. The maximum absolute atomic E-state index is 4.87. The molecule has 0 aliphatic carbocycles. The Morgan fingerprint density at radius 2 is 1.50 bits per heavy atom. The molecule has 0 radical (unpaired) electrons. The van der Waals surface area contributed by atoms with Crippen molar-refractivity contribution in [3.63, 3.8) is 0 Å². The molecule has 2 nitrogen and oxygen atoms in total. The van der Waals surface area contributed by atoms with Crippen molar-refractivity contribution in [2.24, 2.45) is 0 Å². The van der Waals surface area contributed by atoms with Crippen molar-refractivity contribution in [3.8, 4) is 11.3 Å². The van der Waals surface area contributed by atoms with Crippen molar-refractivity contribution in [2.45, 2.75) is 13.3 Å². The average Bonchev–Trinajstić information content (AvgIpc) is 2.61. The van der Waals surface area contributed by atoms with Crippen LogP contribution in [0.4, 0.5) is 0 Å². The fourth-order valence-electron chi connectivity index (χ4n) is 2.80. The number of hydrogen-bond acceptors (Lipinski definition) is 2. The molecule has 0 N–H and O–H groups in total. The number of pyridine rings is 2. The first kappa shape index (κ1) is 13.0. The Kier molecular flexibility index (Phi) is 3.08. The molecule has 0 spiro atoms. The molecular weight excluding hydrogens is 268 g/mol. The Labute approximate surface area is 129 Å². The SMILES string of the molecule is CCc1ccc(-c2ccc3ccc4cccnc4c3n2)cc1. The minimum absolute atomic E-state index is 0.965. The molecule has 0 aliphatic rings. The standard InChI is InChI=1S/C20H16N2/c1-2-14-5-7-15(8-6-14)18-12-11-17-10-9-16-4-3-13-21-19(16)20(17)22-18/h3-13H,2H2,1H3. The van der Waals surface area contributed by atoms with Crippen molar-refractivity contribution in [1.29, 1.82) is 0 Å². The van der Waals surface area contributed by atoms with Crippen LogP contribution >= 0.6 is 0 Å². The fraction of sp³-hybridized carbons (Fsp3) is 0.100. The summed E-state index contributed by atoms with van der Waals surface area (Å²) in [6.07, 6.45) is 2.88. The first-order chi connectivity index (χ1) is 10.8. The van der Waals surface area contributed by atoms with Gasteiger partial charge in [0.1, 0.15) is 0 Å². The third-order valence-corrected chi connectivity index (χ3v) is 4.09.